The van der Waals surface area contributed by atoms with Crippen molar-refractivity contribution in [2.45, 2.75) is 6.92 Å². The van der Waals surface area contributed by atoms with Crippen molar-refractivity contribution >= 4 is 29.3 Å². The van der Waals surface area contributed by atoms with Crippen LogP contribution in [-0.2, 0) is 0 Å². The number of aromatic amines is 1. The third-order valence-corrected chi connectivity index (χ3v) is 4.73. The van der Waals surface area contributed by atoms with E-state index in [1.165, 1.54) is 17.4 Å². The largest absolute Gasteiger partial charge is 0.497 e. The molecule has 0 unspecified atom stereocenters. The number of nitrogens with one attached hydrogen (secondary N) is 1. The van der Waals surface area contributed by atoms with Gasteiger partial charge in [0.15, 0.2) is 5.78 Å². The first-order valence-electron chi connectivity index (χ1n) is 7.73. The molecule has 25 heavy (non-hydrogen) atoms. The number of aryl methyl sites for hydroxylation is 1. The third-order valence-electron chi connectivity index (χ3n) is 3.77. The van der Waals surface area contributed by atoms with E-state index in [0.717, 1.165) is 16.9 Å². The van der Waals surface area contributed by atoms with E-state index in [9.17, 15) is 9.59 Å². The van der Waals surface area contributed by atoms with E-state index in [1.807, 2.05) is 49.4 Å². The molecule has 0 fully saturated rings. The summed E-state index contributed by atoms with van der Waals surface area (Å²) in [5, 5.41) is 0. The Bertz CT molecular complexity index is 1080. The monoisotopic (exact) mass is 351 g/mol. The van der Waals surface area contributed by atoms with Crippen molar-refractivity contribution in [2.24, 2.45) is 0 Å². The predicted octanol–water partition coefficient (Wildman–Crippen LogP) is 2.25. The summed E-state index contributed by atoms with van der Waals surface area (Å²) in [6.07, 6.45) is 3.26. The van der Waals surface area contributed by atoms with Crippen molar-refractivity contribution in [2.75, 3.05) is 7.11 Å². The quantitative estimate of drug-likeness (QED) is 0.734. The molecule has 2 aromatic carbocycles. The maximum atomic E-state index is 12.4. The van der Waals surface area contributed by atoms with Crippen LogP contribution in [0.4, 0.5) is 0 Å². The SMILES string of the molecule is COc1ccc(/C=c2/s/c(=C\C(=O)c3ccccc3C)[nH]c2=O)cc1. The van der Waals surface area contributed by atoms with Gasteiger partial charge in [0.25, 0.3) is 5.56 Å². The number of ketones is 1. The number of rotatable bonds is 4. The molecular formula is C20H17NO3S. The van der Waals surface area contributed by atoms with Gasteiger partial charge in [-0.2, -0.15) is 0 Å². The average Bonchev–Trinajstić information content (AvgIpc) is 2.95. The van der Waals surface area contributed by atoms with Gasteiger partial charge in [0.2, 0.25) is 0 Å². The molecule has 4 nitrogen and oxygen atoms in total. The van der Waals surface area contributed by atoms with Crippen LogP contribution < -0.4 is 19.5 Å². The zero-order valence-electron chi connectivity index (χ0n) is 13.9. The Balaban J connectivity index is 1.97. The minimum absolute atomic E-state index is 0.119. The minimum atomic E-state index is -0.204. The molecule has 1 heterocycles. The molecule has 0 aliphatic heterocycles. The second-order valence-corrected chi connectivity index (χ2v) is 6.61. The lowest BCUT2D eigenvalue weighted by molar-refractivity contribution is 0.106. The summed E-state index contributed by atoms with van der Waals surface area (Å²) in [4.78, 5) is 27.2. The first-order valence-corrected chi connectivity index (χ1v) is 8.55. The minimum Gasteiger partial charge on any atom is -0.497 e. The first kappa shape index (κ1) is 16.9. The van der Waals surface area contributed by atoms with Gasteiger partial charge in [0.1, 0.15) is 5.75 Å². The Kier molecular flexibility index (Phi) is 4.95. The Labute approximate surface area is 148 Å². The van der Waals surface area contributed by atoms with Crippen LogP contribution in [0.5, 0.6) is 5.75 Å². The van der Waals surface area contributed by atoms with Crippen LogP contribution in [0.1, 0.15) is 21.5 Å². The van der Waals surface area contributed by atoms with E-state index in [4.69, 9.17) is 4.74 Å². The number of Topliss-reactive ketones (excluding diaryl/α,β-unsaturated/α-hetero) is 1. The van der Waals surface area contributed by atoms with Gasteiger partial charge in [-0.05, 0) is 36.3 Å². The van der Waals surface area contributed by atoms with Gasteiger partial charge in [-0.15, -0.1) is 11.3 Å². The summed E-state index contributed by atoms with van der Waals surface area (Å²) in [5.74, 6) is 0.640. The summed E-state index contributed by atoms with van der Waals surface area (Å²) in [6, 6.07) is 14.8. The molecule has 3 aromatic rings. The molecule has 0 aliphatic rings. The van der Waals surface area contributed by atoms with Crippen LogP contribution in [0.15, 0.2) is 53.3 Å². The average molecular weight is 351 g/mol. The molecule has 1 aromatic heterocycles. The molecule has 126 valence electrons. The Morgan fingerprint density at radius 2 is 1.84 bits per heavy atom. The highest BCUT2D eigenvalue weighted by molar-refractivity contribution is 7.07. The van der Waals surface area contributed by atoms with Crippen molar-refractivity contribution in [3.8, 4) is 5.75 Å². The zero-order valence-corrected chi connectivity index (χ0v) is 14.7. The second kappa shape index (κ2) is 7.32. The highest BCUT2D eigenvalue weighted by Crippen LogP contribution is 2.11. The number of carbonyl (C=O) groups is 1. The van der Waals surface area contributed by atoms with Gasteiger partial charge in [0, 0.05) is 11.6 Å². The summed E-state index contributed by atoms with van der Waals surface area (Å²) >= 11 is 1.26. The van der Waals surface area contributed by atoms with Crippen LogP contribution in [0.25, 0.3) is 12.2 Å². The van der Waals surface area contributed by atoms with Crippen molar-refractivity contribution in [3.05, 3.63) is 84.8 Å². The standard InChI is InChI=1S/C20H17NO3S/c1-13-5-3-4-6-16(13)17(22)12-19-21-20(23)18(25-19)11-14-7-9-15(24-2)10-8-14/h3-12H,1-2H3,(H,21,23)/b18-11+,19-12-. The van der Waals surface area contributed by atoms with E-state index >= 15 is 0 Å². The van der Waals surface area contributed by atoms with Gasteiger partial charge in [-0.25, -0.2) is 0 Å². The molecule has 0 radical (unpaired) electrons. The highest BCUT2D eigenvalue weighted by atomic mass is 32.1. The number of methoxy groups -OCH3 is 1. The van der Waals surface area contributed by atoms with Crippen LogP contribution in [0, 0.1) is 6.92 Å². The molecule has 5 heteroatoms. The molecule has 3 rings (SSSR count). The van der Waals surface area contributed by atoms with Crippen LogP contribution in [0.3, 0.4) is 0 Å². The van der Waals surface area contributed by atoms with Gasteiger partial charge in [0.05, 0.1) is 16.3 Å². The number of aromatic nitrogens is 1. The van der Waals surface area contributed by atoms with Gasteiger partial charge >= 0.3 is 0 Å². The lowest BCUT2D eigenvalue weighted by Gasteiger charge is -1.99. The van der Waals surface area contributed by atoms with Crippen molar-refractivity contribution < 1.29 is 9.53 Å². The number of thiazole rings is 1. The van der Waals surface area contributed by atoms with E-state index < -0.39 is 0 Å². The predicted molar refractivity (Wildman–Crippen MR) is 101 cm³/mol. The van der Waals surface area contributed by atoms with Gasteiger partial charge in [-0.1, -0.05) is 36.4 Å². The van der Waals surface area contributed by atoms with E-state index in [1.54, 1.807) is 19.3 Å². The molecule has 0 amide bonds. The van der Waals surface area contributed by atoms with Crippen molar-refractivity contribution in [1.82, 2.24) is 4.98 Å². The summed E-state index contributed by atoms with van der Waals surface area (Å²) in [7, 11) is 1.61. The number of hydrogen-bond donors (Lipinski definition) is 1. The Morgan fingerprint density at radius 3 is 2.52 bits per heavy atom. The van der Waals surface area contributed by atoms with Gasteiger partial charge in [-0.3, -0.25) is 9.59 Å². The zero-order chi connectivity index (χ0) is 17.8. The molecule has 0 spiro atoms. The number of H-pyrrole nitrogens is 1. The molecular weight excluding hydrogens is 334 g/mol. The Morgan fingerprint density at radius 1 is 1.12 bits per heavy atom. The van der Waals surface area contributed by atoms with E-state index in [-0.39, 0.29) is 11.3 Å². The summed E-state index contributed by atoms with van der Waals surface area (Å²) < 4.78 is 6.21. The fraction of sp³-hybridized carbons (Fsp3) is 0.100. The van der Waals surface area contributed by atoms with E-state index in [2.05, 4.69) is 4.98 Å². The fourth-order valence-electron chi connectivity index (χ4n) is 2.42. The molecule has 0 bridgehead atoms. The molecule has 0 saturated carbocycles. The normalized spacial score (nSPS) is 12.4. The maximum Gasteiger partial charge on any atom is 0.266 e. The van der Waals surface area contributed by atoms with E-state index in [0.29, 0.717) is 14.8 Å². The lowest BCUT2D eigenvalue weighted by atomic mass is 10.1. The van der Waals surface area contributed by atoms with Crippen LogP contribution in [-0.4, -0.2) is 17.9 Å². The smallest absolute Gasteiger partial charge is 0.266 e. The number of carbonyl (C=O) groups excluding carboxylic acids is 1. The number of ether oxygens (including phenoxy) is 1. The Hall–Kier alpha value is -2.92. The maximum absolute atomic E-state index is 12.4. The van der Waals surface area contributed by atoms with Crippen LogP contribution in [0.2, 0.25) is 0 Å². The fourth-order valence-corrected chi connectivity index (χ4v) is 3.31. The summed E-state index contributed by atoms with van der Waals surface area (Å²) in [5.41, 5.74) is 2.24. The van der Waals surface area contributed by atoms with Gasteiger partial charge < -0.3 is 9.72 Å². The molecule has 0 aliphatic carbocycles. The lowest BCUT2D eigenvalue weighted by Crippen LogP contribution is -2.20. The van der Waals surface area contributed by atoms with Crippen molar-refractivity contribution in [1.29, 1.82) is 0 Å². The molecule has 1 N–H and O–H groups in total. The molecule has 0 saturated heterocycles. The van der Waals surface area contributed by atoms with Crippen molar-refractivity contribution in [3.63, 3.8) is 0 Å². The topological polar surface area (TPSA) is 59.2 Å². The first-order chi connectivity index (χ1) is 12.1. The molecule has 0 atom stereocenters. The highest BCUT2D eigenvalue weighted by Gasteiger charge is 2.05. The number of benzene rings is 2. The second-order valence-electron chi connectivity index (χ2n) is 5.53. The summed E-state index contributed by atoms with van der Waals surface area (Å²) in [6.45, 7) is 1.89. The van der Waals surface area contributed by atoms with Crippen LogP contribution >= 0.6 is 11.3 Å². The third kappa shape index (κ3) is 3.95. The number of hydrogen-bond acceptors (Lipinski definition) is 4.